The number of unbranched alkanes of at least 4 members (excludes halogenated alkanes) is 2. The summed E-state index contributed by atoms with van der Waals surface area (Å²) in [4.78, 5) is 0. The van der Waals surface area contributed by atoms with Crippen LogP contribution in [-0.2, 0) is 20.4 Å². The summed E-state index contributed by atoms with van der Waals surface area (Å²) in [6.07, 6.45) is 20.5. The van der Waals surface area contributed by atoms with Gasteiger partial charge in [0.1, 0.15) is 0 Å². The van der Waals surface area contributed by atoms with Crippen molar-refractivity contribution in [2.24, 2.45) is 0 Å². The van der Waals surface area contributed by atoms with Gasteiger partial charge in [0.25, 0.3) is 0 Å². The number of allylic oxidation sites excluding steroid dienone is 8. The van der Waals surface area contributed by atoms with Crippen molar-refractivity contribution in [3.05, 3.63) is 42.0 Å². The van der Waals surface area contributed by atoms with Crippen LogP contribution in [0.4, 0.5) is 0 Å². The number of rotatable bonds is 8. The molecule has 0 saturated carbocycles. The second-order valence-corrected chi connectivity index (χ2v) is 23.9. The van der Waals surface area contributed by atoms with E-state index in [1.165, 1.54) is 51.4 Å². The molecule has 0 unspecified atom stereocenters. The molecule has 0 saturated heterocycles. The molecule has 0 nitrogen and oxygen atoms in total. The average molecular weight is 463 g/mol. The first-order valence-electron chi connectivity index (χ1n) is 9.14. The van der Waals surface area contributed by atoms with Gasteiger partial charge in [-0.3, -0.25) is 0 Å². The summed E-state index contributed by atoms with van der Waals surface area (Å²) in [5, 5.41) is 0. The van der Waals surface area contributed by atoms with Crippen LogP contribution in [0.1, 0.15) is 65.2 Å². The minimum absolute atomic E-state index is 0. The zero-order valence-electron chi connectivity index (χ0n) is 15.7. The van der Waals surface area contributed by atoms with Gasteiger partial charge in [-0.15, -0.1) is 0 Å². The first-order chi connectivity index (χ1) is 10.7. The Balaban J connectivity index is 0.00000264. The van der Waals surface area contributed by atoms with Crippen molar-refractivity contribution in [2.45, 2.75) is 78.3 Å². The number of halogens is 2. The molecule has 134 valence electrons. The van der Waals surface area contributed by atoms with E-state index in [0.717, 1.165) is 0 Å². The van der Waals surface area contributed by atoms with E-state index in [-0.39, 0.29) is 30.2 Å². The van der Waals surface area contributed by atoms with Gasteiger partial charge < -0.3 is 24.8 Å². The van der Waals surface area contributed by atoms with Crippen LogP contribution in [0.5, 0.6) is 0 Å². The van der Waals surface area contributed by atoms with E-state index >= 15 is 0 Å². The monoisotopic (exact) mass is 460 g/mol. The van der Waals surface area contributed by atoms with Crippen LogP contribution >= 0.6 is 0 Å². The van der Waals surface area contributed by atoms with Crippen molar-refractivity contribution >= 4 is 5.43 Å². The van der Waals surface area contributed by atoms with Gasteiger partial charge in [-0.05, 0) is 0 Å². The molecule has 2 rings (SSSR count). The Morgan fingerprint density at radius 2 is 1.25 bits per heavy atom. The molecule has 0 radical (unpaired) electrons. The summed E-state index contributed by atoms with van der Waals surface area (Å²) in [5.74, 6) is 0. The van der Waals surface area contributed by atoms with E-state index < -0.39 is 20.4 Å². The summed E-state index contributed by atoms with van der Waals surface area (Å²) in [6.45, 7) is 9.84. The zero-order chi connectivity index (χ0) is 15.9. The largest absolute Gasteiger partial charge is 1.00 e. The third-order valence-corrected chi connectivity index (χ3v) is 22.3. The molecular formula is C20H32Cl2SiZr. The quantitative estimate of drug-likeness (QED) is 0.466. The summed E-state index contributed by atoms with van der Waals surface area (Å²) < 4.78 is 3.95. The van der Waals surface area contributed by atoms with E-state index in [1.807, 2.05) is 6.56 Å². The fraction of sp³-hybridized carbons (Fsp3) is 0.600. The van der Waals surface area contributed by atoms with Gasteiger partial charge >= 0.3 is 146 Å². The molecule has 0 aromatic heterocycles. The molecule has 2 aliphatic rings. The third kappa shape index (κ3) is 6.42. The molecule has 0 fully saturated rings. The molecule has 0 amide bonds. The molecule has 0 bridgehead atoms. The van der Waals surface area contributed by atoms with Gasteiger partial charge in [0.05, 0.1) is 0 Å². The van der Waals surface area contributed by atoms with Gasteiger partial charge in [-0.25, -0.2) is 0 Å². The fourth-order valence-corrected chi connectivity index (χ4v) is 21.9. The van der Waals surface area contributed by atoms with Crippen LogP contribution in [0.25, 0.3) is 0 Å². The van der Waals surface area contributed by atoms with Crippen molar-refractivity contribution in [3.8, 4) is 0 Å². The van der Waals surface area contributed by atoms with Crippen molar-refractivity contribution in [1.29, 1.82) is 0 Å². The zero-order valence-corrected chi connectivity index (χ0v) is 20.7. The number of hydrogen-bond donors (Lipinski definition) is 0. The Morgan fingerprint density at radius 3 is 1.58 bits per heavy atom. The Bertz CT molecular complexity index is 520. The van der Waals surface area contributed by atoms with Crippen LogP contribution in [0.2, 0.25) is 13.1 Å². The second-order valence-electron chi connectivity index (χ2n) is 6.80. The van der Waals surface area contributed by atoms with Gasteiger partial charge in [0.2, 0.25) is 0 Å². The Kier molecular flexibility index (Phi) is 13.3. The molecule has 0 aromatic carbocycles. The Labute approximate surface area is 170 Å². The maximum Gasteiger partial charge on any atom is -1.00 e. The summed E-state index contributed by atoms with van der Waals surface area (Å²) in [6, 6.07) is 0. The van der Waals surface area contributed by atoms with Crippen LogP contribution in [-0.4, -0.2) is 5.43 Å². The molecule has 0 N–H and O–H groups in total. The molecule has 2 aliphatic carbocycles. The van der Waals surface area contributed by atoms with Gasteiger partial charge in [-0.2, -0.15) is 0 Å². The minimum atomic E-state index is -1.56. The molecule has 0 heterocycles. The Morgan fingerprint density at radius 1 is 0.833 bits per heavy atom. The summed E-state index contributed by atoms with van der Waals surface area (Å²) in [7, 11) is 0. The van der Waals surface area contributed by atoms with Crippen molar-refractivity contribution in [1.82, 2.24) is 0 Å². The van der Waals surface area contributed by atoms with Crippen LogP contribution in [0.3, 0.4) is 0 Å². The Hall–Kier alpha value is 0.640. The molecule has 0 spiro atoms. The maximum atomic E-state index is 2.60. The predicted molar refractivity (Wildman–Crippen MR) is 98.1 cm³/mol. The SMILES string of the molecule is CCCCC1=[C]([Zr+2]([C]2=C(CCCC)C=CC2)=[Si](C)C)CC=C1.[Cl-].[Cl-]. The maximum absolute atomic E-state index is 2.60. The molecular weight excluding hydrogens is 430 g/mol. The molecule has 0 aromatic rings. The molecule has 4 heteroatoms. The first-order valence-corrected chi connectivity index (χ1v) is 17.8. The van der Waals surface area contributed by atoms with Gasteiger partial charge in [0, 0.05) is 0 Å². The fourth-order valence-electron chi connectivity index (χ4n) is 3.62. The topological polar surface area (TPSA) is 0 Å². The predicted octanol–water partition coefficient (Wildman–Crippen LogP) is 0.672. The van der Waals surface area contributed by atoms with E-state index in [0.29, 0.717) is 0 Å². The minimum Gasteiger partial charge on any atom is -1.00 e. The number of hydrogen-bond acceptors (Lipinski definition) is 0. The van der Waals surface area contributed by atoms with E-state index in [9.17, 15) is 0 Å². The van der Waals surface area contributed by atoms with Crippen molar-refractivity contribution in [2.75, 3.05) is 0 Å². The van der Waals surface area contributed by atoms with Crippen LogP contribution in [0, 0.1) is 0 Å². The molecule has 0 atom stereocenters. The standard InChI is InChI=1S/2C9H13.C2H6Si.2ClH.Zr/c2*1-2-3-6-9-7-4-5-8-9;1-3-2;;;/h2*4,7H,2-3,5-6H2,1H3;1-2H3;2*1H;/q;;;;;+2/p-2. The van der Waals surface area contributed by atoms with E-state index in [4.69, 9.17) is 0 Å². The molecule has 0 aliphatic heterocycles. The average Bonchev–Trinajstić information content (AvgIpc) is 3.13. The van der Waals surface area contributed by atoms with Crippen molar-refractivity contribution in [3.63, 3.8) is 0 Å². The summed E-state index contributed by atoms with van der Waals surface area (Å²) >= 11 is -1.56. The van der Waals surface area contributed by atoms with Crippen molar-refractivity contribution < 1.29 is 45.2 Å². The van der Waals surface area contributed by atoms with Crippen LogP contribution in [0.15, 0.2) is 42.0 Å². The third-order valence-electron chi connectivity index (χ3n) is 4.76. The summed E-state index contributed by atoms with van der Waals surface area (Å²) in [5.41, 5.74) is 3.37. The van der Waals surface area contributed by atoms with Crippen LogP contribution < -0.4 is 24.8 Å². The van der Waals surface area contributed by atoms with E-state index in [1.54, 1.807) is 11.1 Å². The van der Waals surface area contributed by atoms with Gasteiger partial charge in [-0.1, -0.05) is 0 Å². The first kappa shape index (κ1) is 24.6. The normalized spacial score (nSPS) is 15.3. The molecule has 24 heavy (non-hydrogen) atoms. The van der Waals surface area contributed by atoms with E-state index in [2.05, 4.69) is 51.2 Å². The smallest absolute Gasteiger partial charge is 1.00 e. The van der Waals surface area contributed by atoms with Gasteiger partial charge in [0.15, 0.2) is 0 Å². The second kappa shape index (κ2) is 12.9.